The summed E-state index contributed by atoms with van der Waals surface area (Å²) in [5.41, 5.74) is 5.79. The number of anilines is 2. The number of nitrogens with one attached hydrogen (secondary N) is 2. The summed E-state index contributed by atoms with van der Waals surface area (Å²) < 4.78 is 3.64. The molecular formula is C29H37N7O. The third-order valence-corrected chi connectivity index (χ3v) is 7.03. The van der Waals surface area contributed by atoms with Gasteiger partial charge in [0.05, 0.1) is 5.69 Å². The van der Waals surface area contributed by atoms with Gasteiger partial charge in [-0.05, 0) is 68.1 Å². The van der Waals surface area contributed by atoms with Gasteiger partial charge in [-0.15, -0.1) is 0 Å². The number of fused-ring (bicyclic) bond motifs is 2. The summed E-state index contributed by atoms with van der Waals surface area (Å²) in [5.74, 6) is 0.985. The molecule has 0 saturated carbocycles. The second-order valence-corrected chi connectivity index (χ2v) is 11.6. The quantitative estimate of drug-likeness (QED) is 0.380. The second kappa shape index (κ2) is 9.41. The van der Waals surface area contributed by atoms with Crippen LogP contribution in [0.2, 0.25) is 0 Å². The summed E-state index contributed by atoms with van der Waals surface area (Å²) in [4.78, 5) is 27.3. The van der Waals surface area contributed by atoms with Crippen molar-refractivity contribution in [2.24, 2.45) is 5.92 Å². The van der Waals surface area contributed by atoms with Crippen LogP contribution in [0.3, 0.4) is 0 Å². The number of rotatable bonds is 5. The Bertz CT molecular complexity index is 1510. The molecule has 1 atom stereocenters. The van der Waals surface area contributed by atoms with Gasteiger partial charge in [0, 0.05) is 41.3 Å². The van der Waals surface area contributed by atoms with Crippen molar-refractivity contribution in [2.45, 2.75) is 72.4 Å². The van der Waals surface area contributed by atoms with E-state index in [1.165, 1.54) is 11.1 Å². The molecule has 3 aromatic heterocycles. The van der Waals surface area contributed by atoms with E-state index in [9.17, 15) is 4.79 Å². The molecule has 0 amide bonds. The molecule has 5 rings (SSSR count). The van der Waals surface area contributed by atoms with E-state index in [1.54, 1.807) is 17.1 Å². The zero-order valence-electron chi connectivity index (χ0n) is 22.8. The van der Waals surface area contributed by atoms with Crippen molar-refractivity contribution < 1.29 is 0 Å². The predicted molar refractivity (Wildman–Crippen MR) is 149 cm³/mol. The number of hydrogen-bond donors (Lipinski definition) is 2. The van der Waals surface area contributed by atoms with Crippen molar-refractivity contribution in [2.75, 3.05) is 11.9 Å². The van der Waals surface area contributed by atoms with Crippen LogP contribution in [0, 0.1) is 5.92 Å². The van der Waals surface area contributed by atoms with Gasteiger partial charge in [-0.2, -0.15) is 4.98 Å². The maximum Gasteiger partial charge on any atom is 0.278 e. The van der Waals surface area contributed by atoms with Crippen LogP contribution in [0.4, 0.5) is 11.6 Å². The Morgan fingerprint density at radius 1 is 1.08 bits per heavy atom. The van der Waals surface area contributed by atoms with E-state index in [0.29, 0.717) is 28.9 Å². The molecule has 8 nitrogen and oxygen atoms in total. The Balaban J connectivity index is 1.59. The molecule has 4 aromatic rings. The van der Waals surface area contributed by atoms with Crippen molar-refractivity contribution in [3.63, 3.8) is 0 Å². The molecule has 2 N–H and O–H groups in total. The highest BCUT2D eigenvalue weighted by atomic mass is 16.1. The fraction of sp³-hybridized carbons (Fsp3) is 0.448. The number of aromatic nitrogens is 5. The Kier molecular flexibility index (Phi) is 6.40. The molecule has 0 spiro atoms. The van der Waals surface area contributed by atoms with Crippen LogP contribution in [0.15, 0.2) is 47.5 Å². The fourth-order valence-corrected chi connectivity index (χ4v) is 5.13. The monoisotopic (exact) mass is 499 g/mol. The van der Waals surface area contributed by atoms with Crippen molar-refractivity contribution in [3.05, 3.63) is 69.9 Å². The highest BCUT2D eigenvalue weighted by Gasteiger charge is 2.24. The Labute approximate surface area is 218 Å². The highest BCUT2D eigenvalue weighted by Crippen LogP contribution is 2.31. The van der Waals surface area contributed by atoms with E-state index < -0.39 is 0 Å². The standard InChI is InChI=1S/C29H37N7O/c1-17(2)25-22-9-8-20(14-19(22)10-12-31-25)33-28-32-16-23-26(34-28)36(35(18(3)4)27(23)37)21-11-13-30-24(15-21)29(5,6)7/h8-9,11,13-18,25,31H,10,12H2,1-7H3,(H,32,33,34). The van der Waals surface area contributed by atoms with E-state index in [-0.39, 0.29) is 17.0 Å². The molecule has 1 aliphatic heterocycles. The average Bonchev–Trinajstić information content (AvgIpc) is 3.15. The van der Waals surface area contributed by atoms with Gasteiger partial charge in [-0.25, -0.2) is 14.3 Å². The Hall–Kier alpha value is -3.52. The van der Waals surface area contributed by atoms with Gasteiger partial charge in [-0.1, -0.05) is 40.7 Å². The minimum atomic E-state index is -0.125. The van der Waals surface area contributed by atoms with Gasteiger partial charge in [0.25, 0.3) is 5.56 Å². The van der Waals surface area contributed by atoms with Crippen LogP contribution in [0.1, 0.15) is 77.4 Å². The Morgan fingerprint density at radius 2 is 1.86 bits per heavy atom. The molecule has 1 unspecified atom stereocenters. The summed E-state index contributed by atoms with van der Waals surface area (Å²) in [6.07, 6.45) is 4.41. The van der Waals surface area contributed by atoms with Gasteiger partial charge >= 0.3 is 0 Å². The van der Waals surface area contributed by atoms with Crippen molar-refractivity contribution in [1.82, 2.24) is 29.6 Å². The maximum atomic E-state index is 13.4. The molecule has 0 bridgehead atoms. The topological polar surface area (TPSA) is 89.7 Å². The highest BCUT2D eigenvalue weighted by molar-refractivity contribution is 5.77. The summed E-state index contributed by atoms with van der Waals surface area (Å²) in [5, 5.41) is 7.50. The molecule has 194 valence electrons. The van der Waals surface area contributed by atoms with Crippen LogP contribution in [0.5, 0.6) is 0 Å². The van der Waals surface area contributed by atoms with E-state index >= 15 is 0 Å². The van der Waals surface area contributed by atoms with Crippen LogP contribution in [-0.4, -0.2) is 30.9 Å². The largest absolute Gasteiger partial charge is 0.324 e. The molecule has 1 aromatic carbocycles. The van der Waals surface area contributed by atoms with Crippen LogP contribution in [0.25, 0.3) is 16.7 Å². The lowest BCUT2D eigenvalue weighted by Crippen LogP contribution is -2.33. The number of pyridine rings is 1. The third-order valence-electron chi connectivity index (χ3n) is 7.03. The lowest BCUT2D eigenvalue weighted by atomic mass is 9.88. The number of nitrogens with zero attached hydrogens (tertiary/aromatic N) is 5. The number of hydrogen-bond acceptors (Lipinski definition) is 6. The first-order valence-corrected chi connectivity index (χ1v) is 13.1. The maximum absolute atomic E-state index is 13.4. The van der Waals surface area contributed by atoms with Crippen LogP contribution < -0.4 is 16.2 Å². The molecule has 0 fully saturated rings. The summed E-state index contributed by atoms with van der Waals surface area (Å²) in [6, 6.07) is 10.7. The van der Waals surface area contributed by atoms with Gasteiger partial charge in [-0.3, -0.25) is 9.78 Å². The van der Waals surface area contributed by atoms with Gasteiger partial charge in [0.15, 0.2) is 5.65 Å². The lowest BCUT2D eigenvalue weighted by molar-refractivity contribution is 0.395. The molecule has 0 saturated heterocycles. The summed E-state index contributed by atoms with van der Waals surface area (Å²) >= 11 is 0. The summed E-state index contributed by atoms with van der Waals surface area (Å²) in [7, 11) is 0. The zero-order chi connectivity index (χ0) is 26.5. The average molecular weight is 500 g/mol. The Morgan fingerprint density at radius 3 is 2.57 bits per heavy atom. The molecule has 1 aliphatic rings. The van der Waals surface area contributed by atoms with Crippen molar-refractivity contribution >= 4 is 22.7 Å². The molecule has 0 aliphatic carbocycles. The van der Waals surface area contributed by atoms with Gasteiger partial charge in [0.1, 0.15) is 5.39 Å². The van der Waals surface area contributed by atoms with Crippen molar-refractivity contribution in [1.29, 1.82) is 0 Å². The van der Waals surface area contributed by atoms with E-state index in [0.717, 1.165) is 30.0 Å². The fourth-order valence-electron chi connectivity index (χ4n) is 5.13. The summed E-state index contributed by atoms with van der Waals surface area (Å²) in [6.45, 7) is 15.9. The minimum absolute atomic E-state index is 0.0625. The third kappa shape index (κ3) is 4.66. The van der Waals surface area contributed by atoms with E-state index in [1.807, 2.05) is 30.7 Å². The molecule has 0 radical (unpaired) electrons. The van der Waals surface area contributed by atoms with Gasteiger partial charge in [0.2, 0.25) is 5.95 Å². The minimum Gasteiger partial charge on any atom is -0.324 e. The first kappa shape index (κ1) is 25.1. The molecular weight excluding hydrogens is 462 g/mol. The number of benzene rings is 1. The van der Waals surface area contributed by atoms with Gasteiger partial charge < -0.3 is 10.6 Å². The normalized spacial score (nSPS) is 16.0. The van der Waals surface area contributed by atoms with E-state index in [4.69, 9.17) is 4.98 Å². The lowest BCUT2D eigenvalue weighted by Gasteiger charge is -2.30. The van der Waals surface area contributed by atoms with Crippen LogP contribution >= 0.6 is 0 Å². The first-order chi connectivity index (χ1) is 17.5. The molecule has 37 heavy (non-hydrogen) atoms. The first-order valence-electron chi connectivity index (χ1n) is 13.1. The molecule has 8 heteroatoms. The van der Waals surface area contributed by atoms with E-state index in [2.05, 4.69) is 73.4 Å². The SMILES string of the molecule is CC(C)C1NCCc2cc(Nc3ncc4c(=O)n(C(C)C)n(-c5ccnc(C(C)(C)C)c5)c4n3)ccc21. The molecule has 4 heterocycles. The smallest absolute Gasteiger partial charge is 0.278 e. The predicted octanol–water partition coefficient (Wildman–Crippen LogP) is 5.44. The zero-order valence-corrected chi connectivity index (χ0v) is 22.8. The van der Waals surface area contributed by atoms with Crippen molar-refractivity contribution in [3.8, 4) is 5.69 Å². The van der Waals surface area contributed by atoms with Crippen LogP contribution in [-0.2, 0) is 11.8 Å². The second-order valence-electron chi connectivity index (χ2n) is 11.6.